The van der Waals surface area contributed by atoms with Crippen molar-refractivity contribution < 1.29 is 24.2 Å². The number of nitrogens with zero attached hydrogens (tertiary/aromatic N) is 2. The lowest BCUT2D eigenvalue weighted by Gasteiger charge is -2.27. The van der Waals surface area contributed by atoms with Crippen LogP contribution in [0.25, 0.3) is 5.76 Å². The van der Waals surface area contributed by atoms with E-state index in [1.807, 2.05) is 25.1 Å². The second-order valence-corrected chi connectivity index (χ2v) is 7.62. The van der Waals surface area contributed by atoms with Crippen molar-refractivity contribution in [3.05, 3.63) is 65.2 Å². The molecule has 0 aromatic heterocycles. The summed E-state index contributed by atoms with van der Waals surface area (Å²) in [4.78, 5) is 29.6. The summed E-state index contributed by atoms with van der Waals surface area (Å²) in [5, 5.41) is 11.1. The van der Waals surface area contributed by atoms with Crippen LogP contribution >= 0.6 is 0 Å². The lowest BCUT2D eigenvalue weighted by atomic mass is 9.94. The Labute approximate surface area is 182 Å². The number of ketones is 1. The van der Waals surface area contributed by atoms with Gasteiger partial charge in [0.25, 0.3) is 11.7 Å². The van der Waals surface area contributed by atoms with Gasteiger partial charge in [-0.3, -0.25) is 9.59 Å². The summed E-state index contributed by atoms with van der Waals surface area (Å²) in [6.07, 6.45) is 0.675. The lowest BCUT2D eigenvalue weighted by molar-refractivity contribution is -0.140. The number of likely N-dealkylation sites (tertiary alicyclic amines) is 1. The molecule has 1 unspecified atom stereocenters. The van der Waals surface area contributed by atoms with Crippen LogP contribution in [0.1, 0.15) is 23.6 Å². The summed E-state index contributed by atoms with van der Waals surface area (Å²) in [6, 6.07) is 13.2. The molecule has 0 spiro atoms. The Morgan fingerprint density at radius 1 is 1.06 bits per heavy atom. The summed E-state index contributed by atoms with van der Waals surface area (Å²) in [5.74, 6) is -0.477. The molecule has 7 nitrogen and oxygen atoms in total. The van der Waals surface area contributed by atoms with Crippen molar-refractivity contribution in [3.63, 3.8) is 0 Å². The third-order valence-electron chi connectivity index (χ3n) is 5.32. The minimum absolute atomic E-state index is 0.0487. The zero-order chi connectivity index (χ0) is 22.5. The maximum Gasteiger partial charge on any atom is 0.295 e. The van der Waals surface area contributed by atoms with Crippen molar-refractivity contribution in [2.45, 2.75) is 12.5 Å². The average Bonchev–Trinajstić information content (AvgIpc) is 3.03. The van der Waals surface area contributed by atoms with Crippen molar-refractivity contribution in [2.24, 2.45) is 0 Å². The molecule has 0 saturated carbocycles. The summed E-state index contributed by atoms with van der Waals surface area (Å²) in [7, 11) is 6.97. The molecule has 1 aliphatic heterocycles. The lowest BCUT2D eigenvalue weighted by Crippen LogP contribution is -2.32. The van der Waals surface area contributed by atoms with E-state index in [0.29, 0.717) is 35.6 Å². The Kier molecular flexibility index (Phi) is 6.97. The molecule has 1 amide bonds. The zero-order valence-electron chi connectivity index (χ0n) is 18.3. The first-order chi connectivity index (χ1) is 14.9. The van der Waals surface area contributed by atoms with Gasteiger partial charge in [-0.2, -0.15) is 0 Å². The van der Waals surface area contributed by atoms with Gasteiger partial charge < -0.3 is 24.4 Å². The number of hydrogen-bond donors (Lipinski definition) is 1. The normalized spacial score (nSPS) is 18.0. The number of benzene rings is 2. The summed E-state index contributed by atoms with van der Waals surface area (Å²) >= 11 is 0. The standard InChI is InChI=1S/C24H28N2O5/c1-25(2)13-8-14-26-21(18-15-17(30-3)11-12-19(18)31-4)20(23(28)24(26)29)22(27)16-9-6-5-7-10-16/h5-7,9-12,15,21,27H,8,13-14H2,1-4H3/b22-20+. The van der Waals surface area contributed by atoms with E-state index in [9.17, 15) is 14.7 Å². The first-order valence-corrected chi connectivity index (χ1v) is 10.1. The highest BCUT2D eigenvalue weighted by atomic mass is 16.5. The molecule has 1 N–H and O–H groups in total. The topological polar surface area (TPSA) is 79.3 Å². The van der Waals surface area contributed by atoms with E-state index in [4.69, 9.17) is 9.47 Å². The van der Waals surface area contributed by atoms with E-state index in [0.717, 1.165) is 6.54 Å². The number of Topliss-reactive ketones (excluding diaryl/α,β-unsaturated/α-hetero) is 1. The number of hydrogen-bond acceptors (Lipinski definition) is 6. The minimum atomic E-state index is -0.785. The van der Waals surface area contributed by atoms with Gasteiger partial charge in [-0.05, 0) is 45.3 Å². The molecular formula is C24H28N2O5. The molecule has 1 aliphatic rings. The third-order valence-corrected chi connectivity index (χ3v) is 5.32. The van der Waals surface area contributed by atoms with Gasteiger partial charge in [0.1, 0.15) is 17.3 Å². The molecule has 1 heterocycles. The number of carbonyl (C=O) groups excluding carboxylic acids is 2. The quantitative estimate of drug-likeness (QED) is 0.399. The van der Waals surface area contributed by atoms with E-state index in [1.54, 1.807) is 49.6 Å². The number of rotatable bonds is 8. The second kappa shape index (κ2) is 9.66. The maximum absolute atomic E-state index is 13.1. The fraction of sp³-hybridized carbons (Fsp3) is 0.333. The molecule has 2 aromatic rings. The van der Waals surface area contributed by atoms with E-state index < -0.39 is 17.7 Å². The van der Waals surface area contributed by atoms with Gasteiger partial charge in [0.05, 0.1) is 25.8 Å². The zero-order valence-corrected chi connectivity index (χ0v) is 18.3. The van der Waals surface area contributed by atoms with Gasteiger partial charge in [0, 0.05) is 17.7 Å². The number of aliphatic hydroxyl groups excluding tert-OH is 1. The molecule has 1 saturated heterocycles. The molecule has 1 fully saturated rings. The van der Waals surface area contributed by atoms with Crippen molar-refractivity contribution in [3.8, 4) is 11.5 Å². The van der Waals surface area contributed by atoms with Crippen molar-refractivity contribution in [1.82, 2.24) is 9.80 Å². The van der Waals surface area contributed by atoms with Crippen LogP contribution in [0.5, 0.6) is 11.5 Å². The number of methoxy groups -OCH3 is 2. The van der Waals surface area contributed by atoms with E-state index in [-0.39, 0.29) is 11.3 Å². The van der Waals surface area contributed by atoms with Crippen LogP contribution in [0.3, 0.4) is 0 Å². The number of aliphatic hydroxyl groups is 1. The Bertz CT molecular complexity index is 985. The van der Waals surface area contributed by atoms with Crippen LogP contribution in [0.2, 0.25) is 0 Å². The maximum atomic E-state index is 13.1. The van der Waals surface area contributed by atoms with Gasteiger partial charge in [-0.1, -0.05) is 30.3 Å². The SMILES string of the molecule is COc1ccc(OC)c(C2/C(=C(\O)c3ccccc3)C(=O)C(=O)N2CCCN(C)C)c1. The van der Waals surface area contributed by atoms with Crippen LogP contribution < -0.4 is 9.47 Å². The highest BCUT2D eigenvalue weighted by Crippen LogP contribution is 2.43. The molecule has 164 valence electrons. The third kappa shape index (κ3) is 4.56. The number of ether oxygens (including phenoxy) is 2. The van der Waals surface area contributed by atoms with Crippen molar-refractivity contribution in [2.75, 3.05) is 41.4 Å². The Morgan fingerprint density at radius 2 is 1.77 bits per heavy atom. The second-order valence-electron chi connectivity index (χ2n) is 7.62. The first kappa shape index (κ1) is 22.4. The molecule has 0 bridgehead atoms. The summed E-state index contributed by atoms with van der Waals surface area (Å²) in [5.41, 5.74) is 1.11. The average molecular weight is 424 g/mol. The molecular weight excluding hydrogens is 396 g/mol. The fourth-order valence-corrected chi connectivity index (χ4v) is 3.80. The molecule has 2 aromatic carbocycles. The van der Waals surface area contributed by atoms with Crippen LogP contribution in [0, 0.1) is 0 Å². The molecule has 0 aliphatic carbocycles. The van der Waals surface area contributed by atoms with Gasteiger partial charge >= 0.3 is 0 Å². The minimum Gasteiger partial charge on any atom is -0.507 e. The predicted molar refractivity (Wildman–Crippen MR) is 118 cm³/mol. The fourth-order valence-electron chi connectivity index (χ4n) is 3.80. The van der Waals surface area contributed by atoms with Gasteiger partial charge in [0.2, 0.25) is 0 Å². The largest absolute Gasteiger partial charge is 0.507 e. The van der Waals surface area contributed by atoms with E-state index in [1.165, 1.54) is 12.0 Å². The monoisotopic (exact) mass is 424 g/mol. The number of carbonyl (C=O) groups is 2. The Balaban J connectivity index is 2.18. The predicted octanol–water partition coefficient (Wildman–Crippen LogP) is 3.08. The van der Waals surface area contributed by atoms with Crippen LogP contribution in [0.15, 0.2) is 54.1 Å². The molecule has 1 atom stereocenters. The van der Waals surface area contributed by atoms with E-state index >= 15 is 0 Å². The number of amides is 1. The van der Waals surface area contributed by atoms with Crippen molar-refractivity contribution >= 4 is 17.4 Å². The molecule has 31 heavy (non-hydrogen) atoms. The van der Waals surface area contributed by atoms with Gasteiger partial charge in [-0.25, -0.2) is 0 Å². The Morgan fingerprint density at radius 3 is 2.39 bits per heavy atom. The van der Waals surface area contributed by atoms with Crippen LogP contribution in [-0.2, 0) is 9.59 Å². The van der Waals surface area contributed by atoms with Crippen LogP contribution in [-0.4, -0.2) is 68.0 Å². The Hall–Kier alpha value is -3.32. The molecule has 7 heteroatoms. The highest BCUT2D eigenvalue weighted by molar-refractivity contribution is 6.46. The smallest absolute Gasteiger partial charge is 0.295 e. The highest BCUT2D eigenvalue weighted by Gasteiger charge is 2.47. The summed E-state index contributed by atoms with van der Waals surface area (Å²) < 4.78 is 10.9. The summed E-state index contributed by atoms with van der Waals surface area (Å²) in [6.45, 7) is 1.11. The van der Waals surface area contributed by atoms with Gasteiger partial charge in [-0.15, -0.1) is 0 Å². The molecule has 0 radical (unpaired) electrons. The molecule has 3 rings (SSSR count). The van der Waals surface area contributed by atoms with E-state index in [2.05, 4.69) is 0 Å². The first-order valence-electron chi connectivity index (χ1n) is 10.1. The van der Waals surface area contributed by atoms with Gasteiger partial charge in [0.15, 0.2) is 0 Å². The van der Waals surface area contributed by atoms with Crippen LogP contribution in [0.4, 0.5) is 0 Å². The van der Waals surface area contributed by atoms with Crippen molar-refractivity contribution in [1.29, 1.82) is 0 Å².